The zero-order valence-electron chi connectivity index (χ0n) is 18.2. The van der Waals surface area contributed by atoms with E-state index in [4.69, 9.17) is 9.47 Å². The Hall–Kier alpha value is -3.62. The van der Waals surface area contributed by atoms with Crippen molar-refractivity contribution in [3.8, 4) is 5.75 Å². The molecule has 0 spiro atoms. The molecule has 1 fully saturated rings. The molecule has 170 valence electrons. The number of anilines is 3. The molecule has 0 aliphatic carbocycles. The van der Waals surface area contributed by atoms with Gasteiger partial charge in [0.05, 0.1) is 11.4 Å². The van der Waals surface area contributed by atoms with E-state index in [0.717, 1.165) is 24.2 Å². The number of hydrogen-bond acceptors (Lipinski definition) is 5. The summed E-state index contributed by atoms with van der Waals surface area (Å²) in [5.41, 5.74) is 0.335. The molecule has 3 amide bonds. The van der Waals surface area contributed by atoms with Crippen molar-refractivity contribution in [2.75, 3.05) is 28.7 Å². The van der Waals surface area contributed by atoms with Gasteiger partial charge in [0.25, 0.3) is 5.91 Å². The number of halogens is 1. The minimum Gasteiger partial charge on any atom is -0.484 e. The molecule has 1 saturated heterocycles. The molecule has 0 bridgehead atoms. The second-order valence-corrected chi connectivity index (χ2v) is 8.30. The summed E-state index contributed by atoms with van der Waals surface area (Å²) >= 11 is 0. The quantitative estimate of drug-likeness (QED) is 0.693. The molecule has 1 aliphatic heterocycles. The first kappa shape index (κ1) is 23.1. The molecule has 0 atom stereocenters. The zero-order valence-corrected chi connectivity index (χ0v) is 18.2. The van der Waals surface area contributed by atoms with Gasteiger partial charge in [0.15, 0.2) is 6.61 Å². The topological polar surface area (TPSA) is 97.0 Å². The van der Waals surface area contributed by atoms with Crippen LogP contribution in [0.15, 0.2) is 42.5 Å². The molecule has 0 unspecified atom stereocenters. The highest BCUT2D eigenvalue weighted by Crippen LogP contribution is 2.25. The summed E-state index contributed by atoms with van der Waals surface area (Å²) in [7, 11) is 0. The lowest BCUT2D eigenvalue weighted by atomic mass is 10.2. The van der Waals surface area contributed by atoms with E-state index >= 15 is 0 Å². The summed E-state index contributed by atoms with van der Waals surface area (Å²) in [4.78, 5) is 37.9. The van der Waals surface area contributed by atoms with Crippen molar-refractivity contribution >= 4 is 35.0 Å². The lowest BCUT2D eigenvalue weighted by Crippen LogP contribution is -2.28. The van der Waals surface area contributed by atoms with Gasteiger partial charge in [-0.05, 0) is 69.7 Å². The minimum atomic E-state index is -0.729. The van der Waals surface area contributed by atoms with E-state index in [9.17, 15) is 18.8 Å². The molecule has 2 N–H and O–H groups in total. The Bertz CT molecular complexity index is 1000. The van der Waals surface area contributed by atoms with Crippen LogP contribution in [-0.2, 0) is 14.3 Å². The Labute approximate surface area is 185 Å². The van der Waals surface area contributed by atoms with E-state index in [2.05, 4.69) is 10.6 Å². The predicted molar refractivity (Wildman–Crippen MR) is 118 cm³/mol. The molecule has 9 heteroatoms. The highest BCUT2D eigenvalue weighted by molar-refractivity contribution is 5.98. The summed E-state index contributed by atoms with van der Waals surface area (Å²) in [6.07, 6.45) is 0.651. The summed E-state index contributed by atoms with van der Waals surface area (Å²) in [6, 6.07) is 10.4. The molecule has 0 saturated carbocycles. The summed E-state index contributed by atoms with van der Waals surface area (Å²) in [6.45, 7) is 5.51. The maximum Gasteiger partial charge on any atom is 0.412 e. The predicted octanol–water partition coefficient (Wildman–Crippen LogP) is 4.32. The Morgan fingerprint density at radius 2 is 1.78 bits per heavy atom. The molecule has 0 aromatic heterocycles. The zero-order chi connectivity index (χ0) is 23.3. The molecule has 3 rings (SSSR count). The van der Waals surface area contributed by atoms with Crippen LogP contribution in [0.3, 0.4) is 0 Å². The molecule has 32 heavy (non-hydrogen) atoms. The normalized spacial score (nSPS) is 13.6. The first-order chi connectivity index (χ1) is 15.1. The number of carbonyl (C=O) groups excluding carboxylic acids is 3. The van der Waals surface area contributed by atoms with Crippen molar-refractivity contribution in [3.63, 3.8) is 0 Å². The Morgan fingerprint density at radius 3 is 2.41 bits per heavy atom. The van der Waals surface area contributed by atoms with Gasteiger partial charge in [-0.3, -0.25) is 14.9 Å². The highest BCUT2D eigenvalue weighted by atomic mass is 19.1. The highest BCUT2D eigenvalue weighted by Gasteiger charge is 2.21. The second-order valence-electron chi connectivity index (χ2n) is 8.30. The van der Waals surface area contributed by atoms with E-state index in [1.54, 1.807) is 49.9 Å². The van der Waals surface area contributed by atoms with E-state index < -0.39 is 23.4 Å². The van der Waals surface area contributed by atoms with Gasteiger partial charge in [-0.1, -0.05) is 0 Å². The molecule has 8 nitrogen and oxygen atoms in total. The van der Waals surface area contributed by atoms with E-state index in [1.807, 2.05) is 0 Å². The van der Waals surface area contributed by atoms with Crippen LogP contribution in [0.2, 0.25) is 0 Å². The van der Waals surface area contributed by atoms with Crippen molar-refractivity contribution in [1.29, 1.82) is 0 Å². The Kier molecular flexibility index (Phi) is 6.97. The summed E-state index contributed by atoms with van der Waals surface area (Å²) in [5, 5.41) is 5.02. The lowest BCUT2D eigenvalue weighted by molar-refractivity contribution is -0.118. The SMILES string of the molecule is CC(C)(C)OC(=O)Nc1ccc(F)cc1NC(=O)COc1ccc(N2CCCC2=O)cc1. The van der Waals surface area contributed by atoms with Crippen LogP contribution in [0, 0.1) is 5.82 Å². The average Bonchev–Trinajstić information content (AvgIpc) is 3.13. The minimum absolute atomic E-state index is 0.0763. The first-order valence-corrected chi connectivity index (χ1v) is 10.2. The smallest absolute Gasteiger partial charge is 0.412 e. The van der Waals surface area contributed by atoms with Gasteiger partial charge < -0.3 is 19.7 Å². The number of nitrogens with zero attached hydrogens (tertiary/aromatic N) is 1. The van der Waals surface area contributed by atoms with Gasteiger partial charge in [0.1, 0.15) is 17.2 Å². The van der Waals surface area contributed by atoms with Crippen LogP contribution < -0.4 is 20.3 Å². The third kappa shape index (κ3) is 6.44. The third-order valence-electron chi connectivity index (χ3n) is 4.48. The average molecular weight is 443 g/mol. The van der Waals surface area contributed by atoms with Crippen LogP contribution in [0.1, 0.15) is 33.6 Å². The monoisotopic (exact) mass is 443 g/mol. The fraction of sp³-hybridized carbons (Fsp3) is 0.348. The van der Waals surface area contributed by atoms with Crippen molar-refractivity contribution in [3.05, 3.63) is 48.3 Å². The van der Waals surface area contributed by atoms with Gasteiger partial charge in [-0.15, -0.1) is 0 Å². The van der Waals surface area contributed by atoms with Crippen LogP contribution in [0.25, 0.3) is 0 Å². The van der Waals surface area contributed by atoms with Crippen molar-refractivity contribution in [2.45, 2.75) is 39.2 Å². The van der Waals surface area contributed by atoms with Gasteiger partial charge in [-0.2, -0.15) is 0 Å². The Balaban J connectivity index is 1.58. The number of nitrogens with one attached hydrogen (secondary N) is 2. The van der Waals surface area contributed by atoms with Crippen LogP contribution >= 0.6 is 0 Å². The van der Waals surface area contributed by atoms with Crippen LogP contribution in [0.5, 0.6) is 5.75 Å². The number of amides is 3. The van der Waals surface area contributed by atoms with Crippen LogP contribution in [-0.4, -0.2) is 36.7 Å². The standard InChI is InChI=1S/C23H26FN3O5/c1-23(2,3)32-22(30)26-18-11-6-15(24)13-19(18)25-20(28)14-31-17-9-7-16(8-10-17)27-12-4-5-21(27)29/h6-11,13H,4-5,12,14H2,1-3H3,(H,25,28)(H,26,30). The number of ether oxygens (including phenoxy) is 2. The van der Waals surface area contributed by atoms with Gasteiger partial charge in [-0.25, -0.2) is 9.18 Å². The molecular formula is C23H26FN3O5. The lowest BCUT2D eigenvalue weighted by Gasteiger charge is -2.20. The van der Waals surface area contributed by atoms with Crippen molar-refractivity contribution in [1.82, 2.24) is 0 Å². The van der Waals surface area contributed by atoms with Crippen molar-refractivity contribution < 1.29 is 28.2 Å². The third-order valence-corrected chi connectivity index (χ3v) is 4.48. The van der Waals surface area contributed by atoms with Gasteiger partial charge in [0.2, 0.25) is 5.91 Å². The van der Waals surface area contributed by atoms with Gasteiger partial charge in [0, 0.05) is 18.7 Å². The number of carbonyl (C=O) groups is 3. The molecular weight excluding hydrogens is 417 g/mol. The second kappa shape index (κ2) is 9.67. The summed E-state index contributed by atoms with van der Waals surface area (Å²) in [5.74, 6) is -0.588. The number of rotatable bonds is 6. The molecule has 2 aromatic rings. The fourth-order valence-electron chi connectivity index (χ4n) is 3.12. The van der Waals surface area contributed by atoms with E-state index in [-0.39, 0.29) is 23.9 Å². The van der Waals surface area contributed by atoms with Crippen molar-refractivity contribution in [2.24, 2.45) is 0 Å². The number of benzene rings is 2. The summed E-state index contributed by atoms with van der Waals surface area (Å²) < 4.78 is 24.4. The molecule has 1 heterocycles. The maximum atomic E-state index is 13.7. The van der Waals surface area contributed by atoms with E-state index in [1.165, 1.54) is 6.07 Å². The number of hydrogen-bond donors (Lipinski definition) is 2. The maximum absolute atomic E-state index is 13.7. The molecule has 2 aromatic carbocycles. The van der Waals surface area contributed by atoms with Crippen LogP contribution in [0.4, 0.5) is 26.2 Å². The molecule has 0 radical (unpaired) electrons. The first-order valence-electron chi connectivity index (χ1n) is 10.2. The largest absolute Gasteiger partial charge is 0.484 e. The fourth-order valence-corrected chi connectivity index (χ4v) is 3.12. The van der Waals surface area contributed by atoms with Gasteiger partial charge >= 0.3 is 6.09 Å². The Morgan fingerprint density at radius 1 is 1.06 bits per heavy atom. The van der Waals surface area contributed by atoms with E-state index in [0.29, 0.717) is 18.7 Å². The molecule has 1 aliphatic rings.